The lowest BCUT2D eigenvalue weighted by atomic mass is 10.0. The number of benzene rings is 1. The zero-order chi connectivity index (χ0) is 12.1. The molecule has 0 fully saturated rings. The highest BCUT2D eigenvalue weighted by atomic mass is 35.5. The third-order valence-electron chi connectivity index (χ3n) is 2.53. The summed E-state index contributed by atoms with van der Waals surface area (Å²) in [6.07, 6.45) is 1.51. The molecule has 0 saturated carbocycles. The summed E-state index contributed by atoms with van der Waals surface area (Å²) < 4.78 is 17.9. The number of rotatable bonds is 5. The second kappa shape index (κ2) is 6.18. The van der Waals surface area contributed by atoms with Gasteiger partial charge in [0, 0.05) is 18.2 Å². The Bertz CT molecular complexity index is 346. The smallest absolute Gasteiger partial charge is 0.124 e. The molecular formula is C12H17ClFNO. The van der Waals surface area contributed by atoms with E-state index < -0.39 is 0 Å². The summed E-state index contributed by atoms with van der Waals surface area (Å²) in [4.78, 5) is 0. The molecule has 0 aliphatic heterocycles. The van der Waals surface area contributed by atoms with Crippen LogP contribution in [0.2, 0.25) is 5.02 Å². The van der Waals surface area contributed by atoms with Gasteiger partial charge in [-0.2, -0.15) is 0 Å². The first-order valence-corrected chi connectivity index (χ1v) is 5.63. The molecule has 1 rings (SSSR count). The number of hydrogen-bond donors (Lipinski definition) is 1. The molecule has 0 aromatic heterocycles. The Morgan fingerprint density at radius 2 is 2.19 bits per heavy atom. The van der Waals surface area contributed by atoms with Gasteiger partial charge in [0.05, 0.1) is 6.10 Å². The highest BCUT2D eigenvalue weighted by Gasteiger charge is 2.11. The fraction of sp³-hybridized carbons (Fsp3) is 0.500. The minimum atomic E-state index is -0.326. The molecule has 0 amide bonds. The molecule has 2 unspecified atom stereocenters. The molecule has 4 heteroatoms. The van der Waals surface area contributed by atoms with Gasteiger partial charge >= 0.3 is 0 Å². The molecule has 0 aliphatic carbocycles. The third-order valence-corrected chi connectivity index (χ3v) is 2.89. The minimum absolute atomic E-state index is 0.0297. The lowest BCUT2D eigenvalue weighted by Crippen LogP contribution is -2.28. The lowest BCUT2D eigenvalue weighted by Gasteiger charge is -2.16. The molecule has 0 heterocycles. The van der Waals surface area contributed by atoms with Crippen molar-refractivity contribution in [3.8, 4) is 0 Å². The van der Waals surface area contributed by atoms with E-state index in [1.165, 1.54) is 12.1 Å². The van der Waals surface area contributed by atoms with Crippen LogP contribution in [0.25, 0.3) is 0 Å². The van der Waals surface area contributed by atoms with Crippen LogP contribution in [-0.2, 0) is 11.2 Å². The topological polar surface area (TPSA) is 35.2 Å². The Morgan fingerprint density at radius 1 is 1.50 bits per heavy atom. The van der Waals surface area contributed by atoms with Crippen molar-refractivity contribution in [1.29, 1.82) is 0 Å². The van der Waals surface area contributed by atoms with Crippen molar-refractivity contribution in [1.82, 2.24) is 0 Å². The van der Waals surface area contributed by atoms with Crippen molar-refractivity contribution in [2.45, 2.75) is 31.9 Å². The SMILES string of the molecule is COC(C)CC(N)Cc1ccc(F)cc1Cl. The van der Waals surface area contributed by atoms with Gasteiger partial charge in [-0.1, -0.05) is 17.7 Å². The van der Waals surface area contributed by atoms with E-state index in [-0.39, 0.29) is 18.0 Å². The number of ether oxygens (including phenoxy) is 1. The van der Waals surface area contributed by atoms with E-state index in [4.69, 9.17) is 22.1 Å². The van der Waals surface area contributed by atoms with E-state index in [1.807, 2.05) is 6.92 Å². The first kappa shape index (κ1) is 13.4. The number of halogens is 2. The molecule has 0 bridgehead atoms. The summed E-state index contributed by atoms with van der Waals surface area (Å²) in [6, 6.07) is 4.35. The van der Waals surface area contributed by atoms with Gasteiger partial charge in [-0.25, -0.2) is 4.39 Å². The Morgan fingerprint density at radius 3 is 2.75 bits per heavy atom. The summed E-state index contributed by atoms with van der Waals surface area (Å²) in [5.41, 5.74) is 6.83. The zero-order valence-corrected chi connectivity index (χ0v) is 10.3. The van der Waals surface area contributed by atoms with Gasteiger partial charge < -0.3 is 10.5 Å². The summed E-state index contributed by atoms with van der Waals surface area (Å²) in [5, 5.41) is 0.431. The van der Waals surface area contributed by atoms with E-state index >= 15 is 0 Å². The van der Waals surface area contributed by atoms with Gasteiger partial charge in [0.1, 0.15) is 5.82 Å². The monoisotopic (exact) mass is 245 g/mol. The number of nitrogens with two attached hydrogens (primary N) is 1. The summed E-state index contributed by atoms with van der Waals surface area (Å²) >= 11 is 5.92. The molecule has 2 atom stereocenters. The first-order chi connectivity index (χ1) is 7.52. The third kappa shape index (κ3) is 4.08. The van der Waals surface area contributed by atoms with E-state index in [9.17, 15) is 4.39 Å². The van der Waals surface area contributed by atoms with Crippen molar-refractivity contribution < 1.29 is 9.13 Å². The molecule has 0 radical (unpaired) electrons. The Hall–Kier alpha value is -0.640. The predicted octanol–water partition coefficient (Wildman–Crippen LogP) is 2.77. The van der Waals surface area contributed by atoms with Crippen LogP contribution in [0.15, 0.2) is 18.2 Å². The van der Waals surface area contributed by atoms with Crippen LogP contribution in [0.3, 0.4) is 0 Å². The summed E-state index contributed by atoms with van der Waals surface area (Å²) in [7, 11) is 1.66. The van der Waals surface area contributed by atoms with Gasteiger partial charge in [0.25, 0.3) is 0 Å². The first-order valence-electron chi connectivity index (χ1n) is 5.25. The Kier molecular flexibility index (Phi) is 5.19. The normalized spacial score (nSPS) is 14.8. The molecule has 0 saturated heterocycles. The molecule has 2 N–H and O–H groups in total. The van der Waals surface area contributed by atoms with E-state index in [0.29, 0.717) is 11.4 Å². The molecule has 0 aliphatic rings. The minimum Gasteiger partial charge on any atom is -0.382 e. The van der Waals surface area contributed by atoms with Crippen LogP contribution >= 0.6 is 11.6 Å². The predicted molar refractivity (Wildman–Crippen MR) is 64.2 cm³/mol. The Labute approximate surface area is 101 Å². The Balaban J connectivity index is 2.59. The van der Waals surface area contributed by atoms with Gasteiger partial charge in [0.15, 0.2) is 0 Å². The van der Waals surface area contributed by atoms with Gasteiger partial charge in [-0.15, -0.1) is 0 Å². The van der Waals surface area contributed by atoms with Gasteiger partial charge in [-0.05, 0) is 37.5 Å². The van der Waals surface area contributed by atoms with Crippen molar-refractivity contribution >= 4 is 11.6 Å². The zero-order valence-electron chi connectivity index (χ0n) is 9.54. The maximum Gasteiger partial charge on any atom is 0.124 e. The number of methoxy groups -OCH3 is 1. The van der Waals surface area contributed by atoms with Gasteiger partial charge in [0.2, 0.25) is 0 Å². The highest BCUT2D eigenvalue weighted by Crippen LogP contribution is 2.19. The quantitative estimate of drug-likeness (QED) is 0.866. The maximum atomic E-state index is 12.8. The fourth-order valence-electron chi connectivity index (χ4n) is 1.58. The van der Waals surface area contributed by atoms with Crippen LogP contribution in [0.5, 0.6) is 0 Å². The molecule has 1 aromatic carbocycles. The largest absolute Gasteiger partial charge is 0.382 e. The van der Waals surface area contributed by atoms with Crippen LogP contribution in [0.1, 0.15) is 18.9 Å². The number of hydrogen-bond acceptors (Lipinski definition) is 2. The van der Waals surface area contributed by atoms with Crippen molar-refractivity contribution in [3.05, 3.63) is 34.6 Å². The van der Waals surface area contributed by atoms with Crippen LogP contribution < -0.4 is 5.73 Å². The molecule has 2 nitrogen and oxygen atoms in total. The van der Waals surface area contributed by atoms with E-state index in [1.54, 1.807) is 13.2 Å². The standard InChI is InChI=1S/C12H17ClFNO/c1-8(16-2)5-11(15)6-9-3-4-10(14)7-12(9)13/h3-4,7-8,11H,5-6,15H2,1-2H3. The molecular weight excluding hydrogens is 229 g/mol. The van der Waals surface area contributed by atoms with Crippen molar-refractivity contribution in [3.63, 3.8) is 0 Å². The van der Waals surface area contributed by atoms with Crippen molar-refractivity contribution in [2.75, 3.05) is 7.11 Å². The average Bonchev–Trinajstić information content (AvgIpc) is 2.22. The maximum absolute atomic E-state index is 12.8. The van der Waals surface area contributed by atoms with Crippen LogP contribution in [0.4, 0.5) is 4.39 Å². The highest BCUT2D eigenvalue weighted by molar-refractivity contribution is 6.31. The second-order valence-electron chi connectivity index (χ2n) is 3.98. The van der Waals surface area contributed by atoms with E-state index in [0.717, 1.165) is 12.0 Å². The molecule has 0 spiro atoms. The van der Waals surface area contributed by atoms with Gasteiger partial charge in [-0.3, -0.25) is 0 Å². The average molecular weight is 246 g/mol. The van der Waals surface area contributed by atoms with Crippen LogP contribution in [0, 0.1) is 5.82 Å². The fourth-order valence-corrected chi connectivity index (χ4v) is 1.82. The van der Waals surface area contributed by atoms with E-state index in [2.05, 4.69) is 0 Å². The molecule has 90 valence electrons. The molecule has 16 heavy (non-hydrogen) atoms. The molecule has 1 aromatic rings. The summed E-state index contributed by atoms with van der Waals surface area (Å²) in [5.74, 6) is -0.326. The summed E-state index contributed by atoms with van der Waals surface area (Å²) in [6.45, 7) is 1.96. The lowest BCUT2D eigenvalue weighted by molar-refractivity contribution is 0.104. The van der Waals surface area contributed by atoms with Crippen molar-refractivity contribution in [2.24, 2.45) is 5.73 Å². The second-order valence-corrected chi connectivity index (χ2v) is 4.39. The van der Waals surface area contributed by atoms with Crippen LogP contribution in [-0.4, -0.2) is 19.3 Å².